The van der Waals surface area contributed by atoms with E-state index >= 15 is 0 Å². The Hall–Kier alpha value is -0.820. The lowest BCUT2D eigenvalue weighted by molar-refractivity contribution is -0.167. The summed E-state index contributed by atoms with van der Waals surface area (Å²) in [7, 11) is 0. The Kier molecular flexibility index (Phi) is 3.55. The molecule has 2 rings (SSSR count). The summed E-state index contributed by atoms with van der Waals surface area (Å²) in [6.45, 7) is 4.14. The minimum atomic E-state index is -4.25. The van der Waals surface area contributed by atoms with Gasteiger partial charge >= 0.3 is 6.18 Å². The number of amides is 1. The maximum absolute atomic E-state index is 12.0. The minimum absolute atomic E-state index is 0.191. The average molecular weight is 281 g/mol. The Balaban J connectivity index is 1.95. The Morgan fingerprint density at radius 2 is 2.00 bits per heavy atom. The average Bonchev–Trinajstić information content (AvgIpc) is 2.68. The van der Waals surface area contributed by atoms with Crippen LogP contribution in [0.5, 0.6) is 0 Å². The van der Waals surface area contributed by atoms with Crippen LogP contribution in [0.1, 0.15) is 33.1 Å². The molecule has 3 unspecified atom stereocenters. The van der Waals surface area contributed by atoms with Crippen LogP contribution in [-0.2, 0) is 9.53 Å². The van der Waals surface area contributed by atoms with Gasteiger partial charge in [-0.1, -0.05) is 13.8 Å². The van der Waals surface area contributed by atoms with Crippen molar-refractivity contribution >= 4 is 5.91 Å². The molecule has 110 valence electrons. The lowest BCUT2D eigenvalue weighted by atomic mass is 10.1. The quantitative estimate of drug-likeness (QED) is 0.859. The second-order valence-corrected chi connectivity index (χ2v) is 5.44. The van der Waals surface area contributed by atoms with Crippen LogP contribution in [0.3, 0.4) is 0 Å². The van der Waals surface area contributed by atoms with E-state index in [4.69, 9.17) is 4.74 Å². The van der Waals surface area contributed by atoms with E-state index in [0.717, 1.165) is 0 Å². The van der Waals surface area contributed by atoms with Crippen molar-refractivity contribution in [2.24, 2.45) is 11.8 Å². The molecule has 1 aliphatic heterocycles. The number of carbonyl (C=O) groups is 1. The van der Waals surface area contributed by atoms with Gasteiger partial charge in [0.15, 0.2) is 0 Å². The zero-order valence-corrected chi connectivity index (χ0v) is 10.9. The first kappa shape index (κ1) is 14.6. The SMILES string of the molecule is CC1C(C)C12COC(O)N2C(=O)CCCC(F)(F)F. The molecular formula is C12H18F3NO3. The van der Waals surface area contributed by atoms with Crippen molar-refractivity contribution in [3.05, 3.63) is 0 Å². The molecule has 0 aromatic rings. The molecule has 1 saturated heterocycles. The van der Waals surface area contributed by atoms with Crippen molar-refractivity contribution in [1.82, 2.24) is 4.90 Å². The first-order valence-electron chi connectivity index (χ1n) is 6.39. The van der Waals surface area contributed by atoms with Crippen LogP contribution in [0.4, 0.5) is 13.2 Å². The third kappa shape index (κ3) is 2.45. The summed E-state index contributed by atoms with van der Waals surface area (Å²) in [5.41, 5.74) is -0.519. The lowest BCUT2D eigenvalue weighted by Gasteiger charge is -2.26. The highest BCUT2D eigenvalue weighted by Crippen LogP contribution is 2.57. The van der Waals surface area contributed by atoms with Crippen molar-refractivity contribution < 1.29 is 27.8 Å². The van der Waals surface area contributed by atoms with Gasteiger partial charge in [-0.05, 0) is 18.3 Å². The number of aliphatic hydroxyl groups excluding tert-OH is 1. The molecular weight excluding hydrogens is 263 g/mol. The van der Waals surface area contributed by atoms with Gasteiger partial charge in [-0.2, -0.15) is 13.2 Å². The zero-order chi connectivity index (χ0) is 14.4. The molecule has 1 spiro atoms. The van der Waals surface area contributed by atoms with Gasteiger partial charge in [0, 0.05) is 12.8 Å². The van der Waals surface area contributed by atoms with Gasteiger partial charge in [0.25, 0.3) is 0 Å². The highest BCUT2D eigenvalue weighted by atomic mass is 19.4. The molecule has 1 aliphatic carbocycles. The standard InChI is InChI=1S/C12H18F3NO3/c1-7-8(2)11(7)6-19-10(18)16(11)9(17)4-3-5-12(13,14)15/h7-8,10,18H,3-6H2,1-2H3. The lowest BCUT2D eigenvalue weighted by Crippen LogP contribution is -2.45. The Morgan fingerprint density at radius 1 is 1.42 bits per heavy atom. The summed E-state index contributed by atoms with van der Waals surface area (Å²) in [5.74, 6) is -0.0853. The zero-order valence-electron chi connectivity index (χ0n) is 10.9. The molecule has 0 aromatic heterocycles. The molecule has 7 heteroatoms. The van der Waals surface area contributed by atoms with Gasteiger partial charge < -0.3 is 9.84 Å². The minimum Gasteiger partial charge on any atom is -0.351 e. The van der Waals surface area contributed by atoms with Crippen LogP contribution < -0.4 is 0 Å². The number of nitrogens with zero attached hydrogens (tertiary/aromatic N) is 1. The molecule has 0 aromatic carbocycles. The van der Waals surface area contributed by atoms with Crippen molar-refractivity contribution in [3.63, 3.8) is 0 Å². The van der Waals surface area contributed by atoms with E-state index in [-0.39, 0.29) is 31.3 Å². The number of aliphatic hydroxyl groups is 1. The summed E-state index contributed by atoms with van der Waals surface area (Å²) >= 11 is 0. The second kappa shape index (κ2) is 4.63. The fourth-order valence-electron chi connectivity index (χ4n) is 3.02. The predicted molar refractivity (Wildman–Crippen MR) is 59.8 cm³/mol. The van der Waals surface area contributed by atoms with Gasteiger partial charge in [0.2, 0.25) is 12.3 Å². The number of hydrogen-bond acceptors (Lipinski definition) is 3. The van der Waals surface area contributed by atoms with Gasteiger partial charge in [-0.25, -0.2) is 0 Å². The van der Waals surface area contributed by atoms with Crippen LogP contribution in [0, 0.1) is 11.8 Å². The molecule has 1 amide bonds. The summed E-state index contributed by atoms with van der Waals surface area (Å²) < 4.78 is 41.2. The highest BCUT2D eigenvalue weighted by molar-refractivity contribution is 5.78. The first-order valence-corrected chi connectivity index (χ1v) is 6.39. The van der Waals surface area contributed by atoms with Crippen molar-refractivity contribution in [2.75, 3.05) is 6.61 Å². The monoisotopic (exact) mass is 281 g/mol. The summed E-state index contributed by atoms with van der Waals surface area (Å²) in [6.07, 6.45) is -7.04. The van der Waals surface area contributed by atoms with Crippen LogP contribution in [-0.4, -0.2) is 40.6 Å². The predicted octanol–water partition coefficient (Wildman–Crippen LogP) is 1.88. The smallest absolute Gasteiger partial charge is 0.351 e. The van der Waals surface area contributed by atoms with Crippen molar-refractivity contribution in [3.8, 4) is 0 Å². The molecule has 4 nitrogen and oxygen atoms in total. The number of carbonyl (C=O) groups excluding carboxylic acids is 1. The maximum Gasteiger partial charge on any atom is 0.389 e. The molecule has 0 radical (unpaired) electrons. The van der Waals surface area contributed by atoms with Crippen LogP contribution in [0.2, 0.25) is 0 Å². The number of alkyl halides is 3. The third-order valence-corrected chi connectivity index (χ3v) is 4.47. The van der Waals surface area contributed by atoms with Crippen LogP contribution in [0.25, 0.3) is 0 Å². The molecule has 1 saturated carbocycles. The van der Waals surface area contributed by atoms with Crippen molar-refractivity contribution in [2.45, 2.75) is 51.2 Å². The largest absolute Gasteiger partial charge is 0.389 e. The fraction of sp³-hybridized carbons (Fsp3) is 0.917. The van der Waals surface area contributed by atoms with E-state index in [1.165, 1.54) is 4.90 Å². The first-order chi connectivity index (χ1) is 8.70. The number of ether oxygens (including phenoxy) is 1. The molecule has 0 bridgehead atoms. The third-order valence-electron chi connectivity index (χ3n) is 4.47. The number of halogens is 3. The van der Waals surface area contributed by atoms with E-state index in [9.17, 15) is 23.1 Å². The summed E-state index contributed by atoms with van der Waals surface area (Å²) in [4.78, 5) is 13.2. The van der Waals surface area contributed by atoms with E-state index in [1.807, 2.05) is 13.8 Å². The Labute approximate surface area is 109 Å². The van der Waals surface area contributed by atoms with Crippen LogP contribution >= 0.6 is 0 Å². The van der Waals surface area contributed by atoms with E-state index in [2.05, 4.69) is 0 Å². The van der Waals surface area contributed by atoms with Crippen LogP contribution in [0.15, 0.2) is 0 Å². The Morgan fingerprint density at radius 3 is 2.47 bits per heavy atom. The van der Waals surface area contributed by atoms with Gasteiger partial charge in [-0.15, -0.1) is 0 Å². The molecule has 2 fully saturated rings. The van der Waals surface area contributed by atoms with Gasteiger partial charge in [0.1, 0.15) is 0 Å². The van der Waals surface area contributed by atoms with E-state index in [0.29, 0.717) is 0 Å². The van der Waals surface area contributed by atoms with Crippen molar-refractivity contribution in [1.29, 1.82) is 0 Å². The maximum atomic E-state index is 12.0. The summed E-state index contributed by atoms with van der Waals surface area (Å²) in [6, 6.07) is 0. The molecule has 3 atom stereocenters. The normalized spacial score (nSPS) is 38.0. The number of rotatable bonds is 3. The Bertz CT molecular complexity index is 364. The molecule has 1 N–H and O–H groups in total. The molecule has 1 heterocycles. The van der Waals surface area contributed by atoms with E-state index in [1.54, 1.807) is 0 Å². The highest BCUT2D eigenvalue weighted by Gasteiger charge is 2.68. The number of hydrogen-bond donors (Lipinski definition) is 1. The molecule has 2 aliphatic rings. The second-order valence-electron chi connectivity index (χ2n) is 5.44. The fourth-order valence-corrected chi connectivity index (χ4v) is 3.02. The van der Waals surface area contributed by atoms with Gasteiger partial charge in [-0.3, -0.25) is 9.69 Å². The topological polar surface area (TPSA) is 49.8 Å². The van der Waals surface area contributed by atoms with Gasteiger partial charge in [0.05, 0.1) is 12.1 Å². The molecule has 19 heavy (non-hydrogen) atoms. The van der Waals surface area contributed by atoms with E-state index < -0.39 is 30.5 Å². The summed E-state index contributed by atoms with van der Waals surface area (Å²) in [5, 5.41) is 9.69.